The van der Waals surface area contributed by atoms with E-state index in [1.165, 1.54) is 33.4 Å². The number of carbonyl (C=O) groups excluding carboxylic acids is 1. The van der Waals surface area contributed by atoms with Crippen LogP contribution in [0.4, 0.5) is 0 Å². The van der Waals surface area contributed by atoms with Crippen LogP contribution in [0.2, 0.25) is 0 Å². The van der Waals surface area contributed by atoms with Gasteiger partial charge in [0, 0.05) is 15.8 Å². The third-order valence-electron chi connectivity index (χ3n) is 5.37. The number of hydrogen-bond acceptors (Lipinski definition) is 5. The predicted octanol–water partition coefficient (Wildman–Crippen LogP) is 4.38. The van der Waals surface area contributed by atoms with Crippen LogP contribution in [0.5, 0.6) is 0 Å². The molecule has 1 aliphatic carbocycles. The fraction of sp³-hybridized carbons (Fsp3) is 0.227. The number of aromatic nitrogens is 2. The number of thiophene rings is 2. The Morgan fingerprint density at radius 3 is 2.97 bits per heavy atom. The zero-order valence-corrected chi connectivity index (χ0v) is 17.3. The molecule has 1 atom stereocenters. The smallest absolute Gasteiger partial charge is 0.263 e. The average Bonchev–Trinajstić information content (AvgIpc) is 3.40. The summed E-state index contributed by atoms with van der Waals surface area (Å²) >= 11 is 3.05. The van der Waals surface area contributed by atoms with E-state index < -0.39 is 0 Å². The fourth-order valence-electron chi connectivity index (χ4n) is 3.99. The first kappa shape index (κ1) is 18.3. The first-order valence-electron chi connectivity index (χ1n) is 9.58. The largest absolute Gasteiger partial charge is 0.348 e. The summed E-state index contributed by atoms with van der Waals surface area (Å²) in [5.41, 5.74) is 3.21. The van der Waals surface area contributed by atoms with Crippen LogP contribution in [0.1, 0.15) is 30.0 Å². The summed E-state index contributed by atoms with van der Waals surface area (Å²) in [6.07, 6.45) is 4.50. The van der Waals surface area contributed by atoms with E-state index in [9.17, 15) is 9.59 Å². The maximum atomic E-state index is 13.1. The van der Waals surface area contributed by atoms with E-state index in [0.29, 0.717) is 10.2 Å². The van der Waals surface area contributed by atoms with Gasteiger partial charge in [-0.25, -0.2) is 4.98 Å². The van der Waals surface area contributed by atoms with E-state index in [1.54, 1.807) is 11.3 Å². The summed E-state index contributed by atoms with van der Waals surface area (Å²) in [7, 11) is 0. The molecule has 0 saturated carbocycles. The highest BCUT2D eigenvalue weighted by Gasteiger charge is 2.22. The Bertz CT molecular complexity index is 1240. The van der Waals surface area contributed by atoms with Crippen molar-refractivity contribution in [3.05, 3.63) is 75.0 Å². The molecule has 0 aliphatic heterocycles. The van der Waals surface area contributed by atoms with E-state index in [4.69, 9.17) is 0 Å². The second-order valence-electron chi connectivity index (χ2n) is 7.20. The quantitative estimate of drug-likeness (QED) is 0.532. The summed E-state index contributed by atoms with van der Waals surface area (Å²) in [6.45, 7) is -0.0276. The minimum Gasteiger partial charge on any atom is -0.348 e. The number of hydrogen-bond donors (Lipinski definition) is 1. The van der Waals surface area contributed by atoms with Crippen molar-refractivity contribution in [1.82, 2.24) is 14.9 Å². The van der Waals surface area contributed by atoms with Gasteiger partial charge < -0.3 is 5.32 Å². The van der Waals surface area contributed by atoms with Crippen molar-refractivity contribution in [3.8, 4) is 10.4 Å². The molecule has 146 valence electrons. The second-order valence-corrected chi connectivity index (χ2v) is 9.00. The molecule has 4 aromatic rings. The first-order chi connectivity index (χ1) is 14.2. The summed E-state index contributed by atoms with van der Waals surface area (Å²) in [4.78, 5) is 32.0. The molecule has 0 radical (unpaired) electrons. The van der Waals surface area contributed by atoms with Crippen molar-refractivity contribution < 1.29 is 4.79 Å². The van der Waals surface area contributed by atoms with Crippen LogP contribution in [0.25, 0.3) is 20.7 Å². The zero-order chi connectivity index (χ0) is 19.8. The fourth-order valence-corrected chi connectivity index (χ4v) is 5.71. The molecule has 0 saturated heterocycles. The Balaban J connectivity index is 1.41. The van der Waals surface area contributed by atoms with Crippen LogP contribution in [0.3, 0.4) is 0 Å². The third kappa shape index (κ3) is 3.41. The van der Waals surface area contributed by atoms with Crippen LogP contribution in [-0.2, 0) is 17.8 Å². The third-order valence-corrected chi connectivity index (χ3v) is 7.16. The van der Waals surface area contributed by atoms with Gasteiger partial charge in [-0.1, -0.05) is 30.3 Å². The van der Waals surface area contributed by atoms with Gasteiger partial charge in [0.2, 0.25) is 5.91 Å². The van der Waals surface area contributed by atoms with Gasteiger partial charge in [0.25, 0.3) is 5.56 Å². The molecule has 1 aromatic carbocycles. The Morgan fingerprint density at radius 2 is 2.10 bits per heavy atom. The number of nitrogens with zero attached hydrogens (tertiary/aromatic N) is 2. The first-order valence-corrected chi connectivity index (χ1v) is 11.3. The van der Waals surface area contributed by atoms with Crippen molar-refractivity contribution >= 4 is 38.8 Å². The van der Waals surface area contributed by atoms with E-state index in [-0.39, 0.29) is 24.1 Å². The Hall–Kier alpha value is -2.77. The number of benzene rings is 1. The van der Waals surface area contributed by atoms with Crippen LogP contribution in [0.15, 0.2) is 58.3 Å². The summed E-state index contributed by atoms with van der Waals surface area (Å²) in [6, 6.07) is 12.2. The molecule has 3 heterocycles. The van der Waals surface area contributed by atoms with Gasteiger partial charge in [-0.2, -0.15) is 0 Å². The molecule has 1 amide bonds. The van der Waals surface area contributed by atoms with Gasteiger partial charge >= 0.3 is 0 Å². The molecule has 5 nitrogen and oxygen atoms in total. The van der Waals surface area contributed by atoms with Crippen molar-refractivity contribution in [2.45, 2.75) is 31.8 Å². The summed E-state index contributed by atoms with van der Waals surface area (Å²) in [5.74, 6) is -0.164. The highest BCUT2D eigenvalue weighted by Crippen LogP contribution is 2.33. The van der Waals surface area contributed by atoms with Crippen LogP contribution in [0, 0.1) is 0 Å². The number of carbonyl (C=O) groups is 1. The highest BCUT2D eigenvalue weighted by molar-refractivity contribution is 7.18. The Labute approximate surface area is 175 Å². The molecule has 0 bridgehead atoms. The second kappa shape index (κ2) is 7.57. The van der Waals surface area contributed by atoms with Crippen LogP contribution >= 0.6 is 22.7 Å². The minimum atomic E-state index is -0.168. The molecule has 0 spiro atoms. The van der Waals surface area contributed by atoms with Gasteiger partial charge in [-0.05, 0) is 41.8 Å². The molecule has 1 N–H and O–H groups in total. The maximum absolute atomic E-state index is 13.1. The molecule has 1 aliphatic rings. The lowest BCUT2D eigenvalue weighted by Gasteiger charge is -2.26. The molecular weight excluding hydrogens is 402 g/mol. The molecule has 7 heteroatoms. The van der Waals surface area contributed by atoms with E-state index >= 15 is 0 Å². The monoisotopic (exact) mass is 421 g/mol. The van der Waals surface area contributed by atoms with Gasteiger partial charge in [0.1, 0.15) is 11.4 Å². The normalized spacial score (nSPS) is 15.9. The van der Waals surface area contributed by atoms with Gasteiger partial charge in [-0.3, -0.25) is 14.2 Å². The molecule has 3 aromatic heterocycles. The average molecular weight is 422 g/mol. The van der Waals surface area contributed by atoms with Gasteiger partial charge in [0.15, 0.2) is 0 Å². The van der Waals surface area contributed by atoms with Crippen molar-refractivity contribution in [3.63, 3.8) is 0 Å². The highest BCUT2D eigenvalue weighted by atomic mass is 32.1. The van der Waals surface area contributed by atoms with Crippen LogP contribution in [-0.4, -0.2) is 15.5 Å². The van der Waals surface area contributed by atoms with Gasteiger partial charge in [0.05, 0.1) is 17.8 Å². The van der Waals surface area contributed by atoms with Crippen molar-refractivity contribution in [2.75, 3.05) is 0 Å². The Kier molecular flexibility index (Phi) is 4.77. The van der Waals surface area contributed by atoms with E-state index in [0.717, 1.165) is 29.7 Å². The number of fused-ring (bicyclic) bond motifs is 2. The standard InChI is InChI=1S/C22H19N3O2S2/c26-19(24-17-8-3-6-14-5-1-2-7-15(14)17)11-25-13-23-21-20(22(25)27)16(12-29-21)18-9-4-10-28-18/h1-2,4-5,7,9-10,12-13,17H,3,6,8,11H2,(H,24,26)/t17-/m0/s1. The van der Waals surface area contributed by atoms with Gasteiger partial charge in [-0.15, -0.1) is 22.7 Å². The molecule has 5 rings (SSSR count). The molecular formula is C22H19N3O2S2. The maximum Gasteiger partial charge on any atom is 0.263 e. The summed E-state index contributed by atoms with van der Waals surface area (Å²) in [5, 5.41) is 7.66. The summed E-state index contributed by atoms with van der Waals surface area (Å²) < 4.78 is 1.41. The number of amides is 1. The van der Waals surface area contributed by atoms with Crippen LogP contribution < -0.4 is 10.9 Å². The lowest BCUT2D eigenvalue weighted by molar-refractivity contribution is -0.122. The predicted molar refractivity (Wildman–Crippen MR) is 117 cm³/mol. The van der Waals surface area contributed by atoms with E-state index in [1.807, 2.05) is 35.0 Å². The van der Waals surface area contributed by atoms with Crippen molar-refractivity contribution in [1.29, 1.82) is 0 Å². The van der Waals surface area contributed by atoms with Crippen molar-refractivity contribution in [2.24, 2.45) is 0 Å². The lowest BCUT2D eigenvalue weighted by Crippen LogP contribution is -2.36. The molecule has 29 heavy (non-hydrogen) atoms. The molecule has 0 unspecified atom stereocenters. The van der Waals surface area contributed by atoms with E-state index in [2.05, 4.69) is 22.4 Å². The minimum absolute atomic E-state index is 0.00247. The zero-order valence-electron chi connectivity index (χ0n) is 15.6. The Morgan fingerprint density at radius 1 is 1.21 bits per heavy atom. The number of rotatable bonds is 4. The topological polar surface area (TPSA) is 64.0 Å². The SMILES string of the molecule is O=C(Cn1cnc2scc(-c3cccs3)c2c1=O)N[C@H]1CCCc2ccccc21. The number of aryl methyl sites for hydroxylation is 1. The lowest BCUT2D eigenvalue weighted by atomic mass is 9.88. The molecule has 0 fully saturated rings. The number of nitrogens with one attached hydrogen (secondary N) is 1.